The van der Waals surface area contributed by atoms with Gasteiger partial charge in [0.1, 0.15) is 5.75 Å². The lowest BCUT2D eigenvalue weighted by Gasteiger charge is -2.31. The van der Waals surface area contributed by atoms with Crippen LogP contribution in [0.5, 0.6) is 11.5 Å². The first-order valence-corrected chi connectivity index (χ1v) is 11.6. The maximum Gasteiger partial charge on any atom is 0.170 e. The number of hydrogen-bond acceptors (Lipinski definition) is 3. The van der Waals surface area contributed by atoms with Crippen LogP contribution in [0.1, 0.15) is 22.3 Å². The van der Waals surface area contributed by atoms with Crippen LogP contribution in [0.15, 0.2) is 97.1 Å². The molecule has 0 spiro atoms. The van der Waals surface area contributed by atoms with Crippen LogP contribution in [0.3, 0.4) is 0 Å². The molecule has 3 nitrogen and oxygen atoms in total. The first-order valence-electron chi connectivity index (χ1n) is 10.0. The number of nitrogen functional groups attached to an aromatic ring is 2. The van der Waals surface area contributed by atoms with Crippen LogP contribution < -0.4 is 16.2 Å². The standard InChI is InChI=1S/C26H20Cl4N2O/c27-25(28,17-7-3-1-4-8-17)21-15-16-22(33-20-13-11-19(31)12-14-20)24(32)23(21)26(29,30)18-9-5-2-6-10-18/h1-16H,31-32H2. The first kappa shape index (κ1) is 23.6. The van der Waals surface area contributed by atoms with E-state index in [-0.39, 0.29) is 5.69 Å². The third-order valence-electron chi connectivity index (χ3n) is 5.24. The molecule has 0 aliphatic rings. The number of rotatable bonds is 6. The minimum absolute atomic E-state index is 0.222. The molecule has 33 heavy (non-hydrogen) atoms. The van der Waals surface area contributed by atoms with Crippen LogP contribution in [-0.2, 0) is 8.67 Å². The molecule has 0 aromatic heterocycles. The zero-order valence-electron chi connectivity index (χ0n) is 17.3. The van der Waals surface area contributed by atoms with Gasteiger partial charge >= 0.3 is 0 Å². The van der Waals surface area contributed by atoms with E-state index < -0.39 is 8.67 Å². The van der Waals surface area contributed by atoms with Gasteiger partial charge in [0.05, 0.1) is 5.69 Å². The molecule has 168 valence electrons. The predicted octanol–water partition coefficient (Wildman–Crippen LogP) is 8.00. The largest absolute Gasteiger partial charge is 0.455 e. The number of nitrogens with two attached hydrogens (primary N) is 2. The van der Waals surface area contributed by atoms with Gasteiger partial charge in [-0.25, -0.2) is 0 Å². The third kappa shape index (κ3) is 4.73. The monoisotopic (exact) mass is 516 g/mol. The van der Waals surface area contributed by atoms with Gasteiger partial charge in [-0.15, -0.1) is 0 Å². The van der Waals surface area contributed by atoms with Gasteiger partial charge in [0, 0.05) is 16.8 Å². The molecule has 0 aliphatic heterocycles. The Morgan fingerprint density at radius 3 is 1.64 bits per heavy atom. The van der Waals surface area contributed by atoms with Crippen LogP contribution >= 0.6 is 46.4 Å². The minimum atomic E-state index is -1.56. The fraction of sp³-hybridized carbons (Fsp3) is 0.0769. The van der Waals surface area contributed by atoms with Crippen LogP contribution in [0, 0.1) is 0 Å². The van der Waals surface area contributed by atoms with Crippen molar-refractivity contribution in [2.75, 3.05) is 11.5 Å². The first-order chi connectivity index (χ1) is 15.7. The molecule has 0 saturated carbocycles. The summed E-state index contributed by atoms with van der Waals surface area (Å²) in [5.74, 6) is 0.910. The number of ether oxygens (including phenoxy) is 1. The second-order valence-electron chi connectivity index (χ2n) is 7.45. The summed E-state index contributed by atoms with van der Waals surface area (Å²) in [6, 6.07) is 28.8. The molecule has 7 heteroatoms. The molecule has 0 bridgehead atoms. The van der Waals surface area contributed by atoms with Crippen LogP contribution in [-0.4, -0.2) is 0 Å². The molecule has 4 rings (SSSR count). The number of alkyl halides is 4. The molecular weight excluding hydrogens is 498 g/mol. The summed E-state index contributed by atoms with van der Waals surface area (Å²) in [4.78, 5) is 0. The summed E-state index contributed by atoms with van der Waals surface area (Å²) < 4.78 is 2.98. The van der Waals surface area contributed by atoms with Crippen LogP contribution in [0.25, 0.3) is 0 Å². The van der Waals surface area contributed by atoms with Crippen molar-refractivity contribution < 1.29 is 4.74 Å². The lowest BCUT2D eigenvalue weighted by atomic mass is 9.91. The Morgan fingerprint density at radius 2 is 1.09 bits per heavy atom. The highest BCUT2D eigenvalue weighted by Gasteiger charge is 2.41. The molecule has 0 amide bonds. The van der Waals surface area contributed by atoms with Crippen molar-refractivity contribution in [3.05, 3.63) is 119 Å². The summed E-state index contributed by atoms with van der Waals surface area (Å²) in [5, 5.41) is 0. The third-order valence-corrected chi connectivity index (χ3v) is 6.90. The zero-order chi connectivity index (χ0) is 23.6. The van der Waals surface area contributed by atoms with E-state index in [1.54, 1.807) is 36.4 Å². The van der Waals surface area contributed by atoms with E-state index in [1.165, 1.54) is 0 Å². The lowest BCUT2D eigenvalue weighted by molar-refractivity contribution is 0.484. The topological polar surface area (TPSA) is 61.3 Å². The smallest absolute Gasteiger partial charge is 0.170 e. The number of hydrogen-bond donors (Lipinski definition) is 2. The quantitative estimate of drug-likeness (QED) is 0.201. The van der Waals surface area contributed by atoms with Crippen molar-refractivity contribution in [1.29, 1.82) is 0 Å². The number of benzene rings is 4. The Bertz CT molecular complexity index is 1240. The van der Waals surface area contributed by atoms with Crippen molar-refractivity contribution >= 4 is 57.8 Å². The normalized spacial score (nSPS) is 11.9. The average Bonchev–Trinajstić information content (AvgIpc) is 2.82. The predicted molar refractivity (Wildman–Crippen MR) is 140 cm³/mol. The fourth-order valence-electron chi connectivity index (χ4n) is 3.55. The summed E-state index contributed by atoms with van der Waals surface area (Å²) >= 11 is 27.8. The zero-order valence-corrected chi connectivity index (χ0v) is 20.3. The Kier molecular flexibility index (Phi) is 6.69. The highest BCUT2D eigenvalue weighted by molar-refractivity contribution is 6.52. The molecule has 0 radical (unpaired) electrons. The SMILES string of the molecule is Nc1ccc(Oc2ccc(C(Cl)(Cl)c3ccccc3)c(C(Cl)(Cl)c3ccccc3)c2N)cc1. The van der Waals surface area contributed by atoms with Gasteiger partial charge in [-0.2, -0.15) is 0 Å². The summed E-state index contributed by atoms with van der Waals surface area (Å²) in [7, 11) is 0. The molecule has 4 N–H and O–H groups in total. The summed E-state index contributed by atoms with van der Waals surface area (Å²) in [6.45, 7) is 0. The summed E-state index contributed by atoms with van der Waals surface area (Å²) in [6.07, 6.45) is 0. The summed E-state index contributed by atoms with van der Waals surface area (Å²) in [5.41, 5.74) is 15.3. The molecule has 0 aliphatic carbocycles. The van der Waals surface area contributed by atoms with Gasteiger partial charge < -0.3 is 16.2 Å². The lowest BCUT2D eigenvalue weighted by Crippen LogP contribution is -2.24. The van der Waals surface area contributed by atoms with E-state index in [0.29, 0.717) is 39.4 Å². The maximum absolute atomic E-state index is 6.98. The highest BCUT2D eigenvalue weighted by Crippen LogP contribution is 2.53. The molecular formula is C26H20Cl4N2O. The molecule has 0 heterocycles. The average molecular weight is 518 g/mol. The van der Waals surface area contributed by atoms with Crippen molar-refractivity contribution in [2.24, 2.45) is 0 Å². The van der Waals surface area contributed by atoms with Gasteiger partial charge in [-0.3, -0.25) is 0 Å². The van der Waals surface area contributed by atoms with E-state index in [0.717, 1.165) is 0 Å². The van der Waals surface area contributed by atoms with Crippen molar-refractivity contribution in [3.8, 4) is 11.5 Å². The second kappa shape index (κ2) is 9.36. The molecule has 4 aromatic carbocycles. The number of anilines is 2. The van der Waals surface area contributed by atoms with E-state index in [2.05, 4.69) is 0 Å². The van der Waals surface area contributed by atoms with Crippen molar-refractivity contribution in [3.63, 3.8) is 0 Å². The van der Waals surface area contributed by atoms with Crippen molar-refractivity contribution in [1.82, 2.24) is 0 Å². The molecule has 0 fully saturated rings. The van der Waals surface area contributed by atoms with Crippen LogP contribution in [0.2, 0.25) is 0 Å². The van der Waals surface area contributed by atoms with E-state index in [9.17, 15) is 0 Å². The molecule has 0 unspecified atom stereocenters. The Balaban J connectivity index is 1.92. The molecule has 0 saturated heterocycles. The van der Waals surface area contributed by atoms with E-state index in [1.807, 2.05) is 60.7 Å². The van der Waals surface area contributed by atoms with Gasteiger partial charge in [0.2, 0.25) is 0 Å². The maximum atomic E-state index is 6.98. The van der Waals surface area contributed by atoms with E-state index in [4.69, 9.17) is 62.6 Å². The number of halogens is 4. The van der Waals surface area contributed by atoms with E-state index >= 15 is 0 Å². The van der Waals surface area contributed by atoms with Gasteiger partial charge in [-0.05, 0) is 41.5 Å². The Hall–Kier alpha value is -2.56. The fourth-order valence-corrected chi connectivity index (χ4v) is 4.77. The Morgan fingerprint density at radius 1 is 0.576 bits per heavy atom. The minimum Gasteiger partial charge on any atom is -0.455 e. The second-order valence-corrected chi connectivity index (χ2v) is 10.1. The molecule has 4 aromatic rings. The molecule has 0 atom stereocenters. The van der Waals surface area contributed by atoms with Crippen LogP contribution in [0.4, 0.5) is 11.4 Å². The van der Waals surface area contributed by atoms with Crippen molar-refractivity contribution in [2.45, 2.75) is 8.67 Å². The van der Waals surface area contributed by atoms with Gasteiger partial charge in [0.25, 0.3) is 0 Å². The highest BCUT2D eigenvalue weighted by atomic mass is 35.5. The Labute approximate surface area is 212 Å². The van der Waals surface area contributed by atoms with Gasteiger partial charge in [-0.1, -0.05) is 113 Å². The van der Waals surface area contributed by atoms with Gasteiger partial charge in [0.15, 0.2) is 14.4 Å².